The number of aliphatic hydroxyl groups is 4. The van der Waals surface area contributed by atoms with Gasteiger partial charge in [-0.2, -0.15) is 0 Å². The monoisotopic (exact) mass is 511 g/mol. The van der Waals surface area contributed by atoms with E-state index in [-0.39, 0.29) is 30.2 Å². The van der Waals surface area contributed by atoms with Gasteiger partial charge in [0.05, 0.1) is 29.5 Å². The van der Waals surface area contributed by atoms with E-state index in [1.54, 1.807) is 0 Å². The summed E-state index contributed by atoms with van der Waals surface area (Å²) < 4.78 is 52.4. The molecule has 0 aromatic heterocycles. The minimum absolute atomic E-state index is 0.117. The molecule has 14 heteroatoms. The molecule has 3 rings (SSSR count). The van der Waals surface area contributed by atoms with Crippen molar-refractivity contribution in [2.24, 2.45) is 0 Å². The first-order valence-corrected chi connectivity index (χ1v) is 11.7. The molecule has 11 nitrogen and oxygen atoms in total. The minimum atomic E-state index is -4.34. The van der Waals surface area contributed by atoms with E-state index in [1.807, 2.05) is 0 Å². The lowest BCUT2D eigenvalue weighted by Gasteiger charge is -2.34. The van der Waals surface area contributed by atoms with Crippen LogP contribution in [-0.2, 0) is 24.3 Å². The third-order valence-corrected chi connectivity index (χ3v) is 7.49. The number of rotatable bonds is 8. The molecule has 1 spiro atoms. The maximum atomic E-state index is 13.2. The quantitative estimate of drug-likeness (QED) is 0.268. The van der Waals surface area contributed by atoms with Crippen molar-refractivity contribution in [2.75, 3.05) is 17.9 Å². The van der Waals surface area contributed by atoms with Gasteiger partial charge in [0, 0.05) is 6.42 Å². The van der Waals surface area contributed by atoms with Crippen LogP contribution in [0.5, 0.6) is 0 Å². The number of anilines is 1. The number of carbonyl (C=O) groups is 1. The summed E-state index contributed by atoms with van der Waals surface area (Å²) in [5, 5.41) is 46.4. The summed E-state index contributed by atoms with van der Waals surface area (Å²) in [5.74, 6) is -3.91. The van der Waals surface area contributed by atoms with Crippen LogP contribution >= 0.6 is 11.6 Å². The number of nitrogens with one attached hydrogen (secondary N) is 1. The summed E-state index contributed by atoms with van der Waals surface area (Å²) >= 11 is 5.86. The summed E-state index contributed by atoms with van der Waals surface area (Å²) in [6.45, 7) is -1.11. The maximum Gasteiger partial charge on any atom is 0.332 e. The summed E-state index contributed by atoms with van der Waals surface area (Å²) in [5.41, 5.74) is -0.686. The van der Waals surface area contributed by atoms with Crippen molar-refractivity contribution in [3.8, 4) is 0 Å². The van der Waals surface area contributed by atoms with Gasteiger partial charge in [-0.3, -0.25) is 4.72 Å². The highest BCUT2D eigenvalue weighted by Gasteiger charge is 2.50. The first-order valence-electron chi connectivity index (χ1n) is 9.78. The Morgan fingerprint density at radius 3 is 2.64 bits per heavy atom. The van der Waals surface area contributed by atoms with Crippen LogP contribution in [-0.4, -0.2) is 88.6 Å². The Bertz CT molecular complexity index is 1040. The molecule has 1 aliphatic carbocycles. The van der Waals surface area contributed by atoms with Gasteiger partial charge in [0.1, 0.15) is 35.5 Å². The van der Waals surface area contributed by atoms with E-state index in [9.17, 15) is 38.0 Å². The first-order chi connectivity index (χ1) is 15.4. The van der Waals surface area contributed by atoms with Gasteiger partial charge in [-0.05, 0) is 30.7 Å². The second-order valence-electron chi connectivity index (χ2n) is 7.71. The van der Waals surface area contributed by atoms with Crippen LogP contribution < -0.4 is 4.72 Å². The van der Waals surface area contributed by atoms with Crippen molar-refractivity contribution in [1.82, 2.24) is 0 Å². The van der Waals surface area contributed by atoms with Crippen LogP contribution in [0, 0.1) is 5.82 Å². The van der Waals surface area contributed by atoms with Gasteiger partial charge >= 0.3 is 5.97 Å². The maximum absolute atomic E-state index is 13.2. The number of aliphatic hydroxyl groups excluding tert-OH is 4. The van der Waals surface area contributed by atoms with Crippen LogP contribution in [0.15, 0.2) is 29.8 Å². The number of carboxylic acid groups (broad SMARTS) is 1. The Kier molecular flexibility index (Phi) is 7.65. The van der Waals surface area contributed by atoms with Gasteiger partial charge in [0.15, 0.2) is 5.79 Å². The Labute approximate surface area is 193 Å². The van der Waals surface area contributed by atoms with Crippen LogP contribution in [0.4, 0.5) is 10.1 Å². The highest BCUT2D eigenvalue weighted by atomic mass is 35.5. The molecule has 2 unspecified atom stereocenters. The zero-order chi connectivity index (χ0) is 24.6. The Morgan fingerprint density at radius 2 is 2.03 bits per heavy atom. The molecule has 1 aliphatic heterocycles. The first kappa shape index (κ1) is 25.8. The second kappa shape index (κ2) is 9.80. The number of benzene rings is 1. The van der Waals surface area contributed by atoms with E-state index in [1.165, 1.54) is 0 Å². The third kappa shape index (κ3) is 5.46. The summed E-state index contributed by atoms with van der Waals surface area (Å²) in [6.07, 6.45) is -5.64. The van der Waals surface area contributed by atoms with E-state index in [0.29, 0.717) is 0 Å². The Morgan fingerprint density at radius 1 is 1.33 bits per heavy atom. The highest BCUT2D eigenvalue weighted by Crippen LogP contribution is 2.40. The van der Waals surface area contributed by atoms with Gasteiger partial charge < -0.3 is 35.0 Å². The van der Waals surface area contributed by atoms with Gasteiger partial charge in [0.2, 0.25) is 10.0 Å². The number of aliphatic carboxylic acids is 1. The number of hydrogen-bond acceptors (Lipinski definition) is 9. The molecule has 0 bridgehead atoms. The van der Waals surface area contributed by atoms with Crippen molar-refractivity contribution < 1.29 is 52.6 Å². The largest absolute Gasteiger partial charge is 0.478 e. The fraction of sp³-hybridized carbons (Fsp3) is 0.526. The van der Waals surface area contributed by atoms with Crippen molar-refractivity contribution in [2.45, 2.75) is 48.3 Å². The molecule has 6 atom stereocenters. The van der Waals surface area contributed by atoms with Crippen molar-refractivity contribution in [3.63, 3.8) is 0 Å². The Balaban J connectivity index is 1.83. The van der Waals surface area contributed by atoms with E-state index in [4.69, 9.17) is 26.2 Å². The summed E-state index contributed by atoms with van der Waals surface area (Å²) in [7, 11) is -4.34. The average Bonchev–Trinajstić information content (AvgIpc) is 3.16. The molecular formula is C19H23ClFNO10S. The molecule has 184 valence electrons. The van der Waals surface area contributed by atoms with E-state index >= 15 is 0 Å². The molecule has 2 aliphatic rings. The lowest BCUT2D eigenvalue weighted by Crippen LogP contribution is -2.48. The Hall–Kier alpha value is -1.84. The molecule has 0 amide bonds. The highest BCUT2D eigenvalue weighted by molar-refractivity contribution is 7.93. The van der Waals surface area contributed by atoms with E-state index in [0.717, 1.165) is 24.3 Å². The predicted octanol–water partition coefficient (Wildman–Crippen LogP) is -0.419. The molecule has 1 heterocycles. The average molecular weight is 512 g/mol. The molecule has 1 fully saturated rings. The molecule has 1 aromatic carbocycles. The van der Waals surface area contributed by atoms with Crippen LogP contribution in [0.1, 0.15) is 12.8 Å². The van der Waals surface area contributed by atoms with Gasteiger partial charge in [-0.15, -0.1) is 0 Å². The van der Waals surface area contributed by atoms with Crippen molar-refractivity contribution >= 4 is 33.3 Å². The zero-order valence-electron chi connectivity index (χ0n) is 17.0. The molecule has 33 heavy (non-hydrogen) atoms. The molecule has 0 saturated carbocycles. The SMILES string of the molecule is O=C(O)C1=CC2(CCC1S(=O)(=O)Nc1ccc(F)cc1Cl)OC[C@H]([C@@H](O)[C@H](O)[C@H](O)CO)O2. The lowest BCUT2D eigenvalue weighted by molar-refractivity contribution is -0.170. The number of halogens is 2. The standard InChI is InChI=1S/C19H23ClFNO10S/c20-11-5-9(21)1-2-12(11)22-33(29,30)15-3-4-19(6-10(15)18(27)28)31-8-14(32-19)17(26)16(25)13(24)7-23/h1-2,5-6,13-17,22-26H,3-4,7-8H2,(H,27,28)/t13-,14-,15?,16-,17-,19?/m1/s1. The number of sulfonamides is 1. The van der Waals surface area contributed by atoms with Crippen molar-refractivity contribution in [1.29, 1.82) is 0 Å². The van der Waals surface area contributed by atoms with E-state index in [2.05, 4.69) is 4.72 Å². The molecular weight excluding hydrogens is 489 g/mol. The lowest BCUT2D eigenvalue weighted by atomic mass is 9.94. The molecule has 0 radical (unpaired) electrons. The van der Waals surface area contributed by atoms with Gasteiger partial charge in [-0.25, -0.2) is 17.6 Å². The molecule has 1 saturated heterocycles. The van der Waals surface area contributed by atoms with E-state index < -0.39 is 69.4 Å². The van der Waals surface area contributed by atoms with Crippen molar-refractivity contribution in [3.05, 3.63) is 40.7 Å². The number of hydrogen-bond donors (Lipinski definition) is 6. The van der Waals surface area contributed by atoms with Crippen LogP contribution in [0.25, 0.3) is 0 Å². The number of carboxylic acids is 1. The fourth-order valence-electron chi connectivity index (χ4n) is 3.69. The fourth-order valence-corrected chi connectivity index (χ4v) is 5.51. The van der Waals surface area contributed by atoms with Crippen LogP contribution in [0.2, 0.25) is 5.02 Å². The minimum Gasteiger partial charge on any atom is -0.478 e. The number of ether oxygens (including phenoxy) is 2. The molecule has 6 N–H and O–H groups in total. The van der Waals surface area contributed by atoms with Crippen LogP contribution in [0.3, 0.4) is 0 Å². The second-order valence-corrected chi connectivity index (χ2v) is 9.98. The molecule has 1 aromatic rings. The topological polar surface area (TPSA) is 183 Å². The smallest absolute Gasteiger partial charge is 0.332 e. The van der Waals surface area contributed by atoms with Gasteiger partial charge in [-0.1, -0.05) is 11.6 Å². The summed E-state index contributed by atoms with van der Waals surface area (Å²) in [6, 6.07) is 2.99. The zero-order valence-corrected chi connectivity index (χ0v) is 18.5. The summed E-state index contributed by atoms with van der Waals surface area (Å²) in [4.78, 5) is 11.9. The normalized spacial score (nSPS) is 28.2. The third-order valence-electron chi connectivity index (χ3n) is 5.44. The van der Waals surface area contributed by atoms with Gasteiger partial charge in [0.25, 0.3) is 0 Å². The predicted molar refractivity (Wildman–Crippen MR) is 111 cm³/mol.